The van der Waals surface area contributed by atoms with E-state index in [0.717, 1.165) is 18.4 Å². The fourth-order valence-electron chi connectivity index (χ4n) is 1.32. The number of benzene rings is 1. The average Bonchev–Trinajstić information content (AvgIpc) is 2.03. The van der Waals surface area contributed by atoms with Crippen molar-refractivity contribution >= 4 is 0 Å². The van der Waals surface area contributed by atoms with Crippen molar-refractivity contribution in [3.63, 3.8) is 0 Å². The van der Waals surface area contributed by atoms with Gasteiger partial charge < -0.3 is 10.2 Å². The molecule has 0 aromatic heterocycles. The van der Waals surface area contributed by atoms with Gasteiger partial charge in [-0.2, -0.15) is 0 Å². The van der Waals surface area contributed by atoms with Crippen molar-refractivity contribution in [1.29, 1.82) is 0 Å². The molecule has 71 valence electrons. The lowest BCUT2D eigenvalue weighted by Crippen LogP contribution is -1.85. The monoisotopic (exact) mass is 179 g/mol. The number of unbranched alkanes of at least 4 members (excludes halogenated alkanes) is 2. The van der Waals surface area contributed by atoms with E-state index in [2.05, 4.69) is 13.0 Å². The molecular weight excluding hydrogens is 164 g/mol. The summed E-state index contributed by atoms with van der Waals surface area (Å²) in [6, 6.07) is 5.71. The summed E-state index contributed by atoms with van der Waals surface area (Å²) in [6.45, 7) is 2.15. The summed E-state index contributed by atoms with van der Waals surface area (Å²) in [6.07, 6.45) is 4.36. The van der Waals surface area contributed by atoms with Crippen molar-refractivity contribution in [1.82, 2.24) is 0 Å². The van der Waals surface area contributed by atoms with E-state index in [4.69, 9.17) is 10.2 Å². The third kappa shape index (κ3) is 3.36. The van der Waals surface area contributed by atoms with Crippen molar-refractivity contribution < 1.29 is 10.2 Å². The molecule has 0 aliphatic rings. The van der Waals surface area contributed by atoms with Crippen LogP contribution >= 0.6 is 0 Å². The van der Waals surface area contributed by atoms with Gasteiger partial charge in [-0.25, -0.2) is 0 Å². The Morgan fingerprint density at radius 3 is 2.31 bits per heavy atom. The summed E-state index contributed by atoms with van der Waals surface area (Å²) in [5.74, 6) is 0.0398. The first-order chi connectivity index (χ1) is 6.22. The van der Waals surface area contributed by atoms with Gasteiger partial charge in [0.25, 0.3) is 0 Å². The number of rotatable bonds is 4. The van der Waals surface area contributed by atoms with Crippen molar-refractivity contribution in [3.8, 4) is 11.5 Å². The van der Waals surface area contributed by atoms with Crippen molar-refractivity contribution in [2.24, 2.45) is 0 Å². The Bertz CT molecular complexity index is 249. The molecule has 2 heteroatoms. The average molecular weight is 179 g/mol. The van der Waals surface area contributed by atoms with Crippen LogP contribution in [0.3, 0.4) is 0 Å². The summed E-state index contributed by atoms with van der Waals surface area (Å²) in [7, 11) is 0. The number of hydrogen-bond donors (Lipinski definition) is 2. The second-order valence-corrected chi connectivity index (χ2v) is 3.22. The van der Waals surface area contributed by atoms with Gasteiger partial charge in [-0.3, -0.25) is 0 Å². The summed E-state index contributed by atoms with van der Waals surface area (Å²) in [5.41, 5.74) is 0.974. The van der Waals surface area contributed by atoms with Crippen LogP contribution in [0.4, 0.5) is 0 Å². The van der Waals surface area contributed by atoms with Crippen LogP contribution in [-0.2, 0) is 6.42 Å². The Labute approximate surface area is 78.8 Å². The number of phenols is 2. The largest absolute Gasteiger partial charge is 0.507 e. The Morgan fingerprint density at radius 2 is 1.77 bits per heavy atom. The molecule has 1 aromatic carbocycles. The van der Waals surface area contributed by atoms with E-state index in [0.29, 0.717) is 0 Å². The molecule has 0 heterocycles. The van der Waals surface area contributed by atoms with Gasteiger partial charge in [-0.1, -0.05) is 19.8 Å². The first-order valence-corrected chi connectivity index (χ1v) is 4.66. The molecule has 0 spiro atoms. The van der Waals surface area contributed by atoms with Crippen LogP contribution in [0.25, 0.3) is 0 Å². The number of aromatic hydroxyl groups is 2. The molecule has 0 amide bonds. The maximum Gasteiger partial charge on any atom is 0.127 e. The quantitative estimate of drug-likeness (QED) is 0.697. The third-order valence-corrected chi connectivity index (χ3v) is 1.97. The maximum atomic E-state index is 9.13. The van der Waals surface area contributed by atoms with E-state index in [1.165, 1.54) is 12.8 Å². The molecule has 1 rings (SSSR count). The smallest absolute Gasteiger partial charge is 0.127 e. The predicted octanol–water partition coefficient (Wildman–Crippen LogP) is 2.63. The summed E-state index contributed by atoms with van der Waals surface area (Å²) < 4.78 is 0. The van der Waals surface area contributed by atoms with Gasteiger partial charge in [0.1, 0.15) is 11.5 Å². The van der Waals surface area contributed by atoms with E-state index < -0.39 is 0 Å². The number of hydrogen-bond acceptors (Lipinski definition) is 2. The predicted molar refractivity (Wildman–Crippen MR) is 51.8 cm³/mol. The van der Waals surface area contributed by atoms with Crippen LogP contribution in [0.15, 0.2) is 12.1 Å². The minimum Gasteiger partial charge on any atom is -0.507 e. The second kappa shape index (κ2) is 4.75. The lowest BCUT2D eigenvalue weighted by Gasteiger charge is -2.02. The Morgan fingerprint density at radius 1 is 1.15 bits per heavy atom. The molecule has 0 aliphatic carbocycles. The molecule has 13 heavy (non-hydrogen) atoms. The van der Waals surface area contributed by atoms with Crippen molar-refractivity contribution in [3.05, 3.63) is 23.8 Å². The molecule has 0 aliphatic heterocycles. The van der Waals surface area contributed by atoms with E-state index in [-0.39, 0.29) is 11.5 Å². The summed E-state index contributed by atoms with van der Waals surface area (Å²) >= 11 is 0. The van der Waals surface area contributed by atoms with Crippen LogP contribution in [0.5, 0.6) is 11.5 Å². The highest BCUT2D eigenvalue weighted by Gasteiger charge is 1.99. The van der Waals surface area contributed by atoms with Crippen molar-refractivity contribution in [2.45, 2.75) is 32.6 Å². The van der Waals surface area contributed by atoms with Crippen LogP contribution in [0, 0.1) is 6.07 Å². The zero-order chi connectivity index (χ0) is 9.68. The molecule has 2 N–H and O–H groups in total. The summed E-state index contributed by atoms with van der Waals surface area (Å²) in [4.78, 5) is 0. The lowest BCUT2D eigenvalue weighted by molar-refractivity contribution is 0.447. The molecule has 0 bridgehead atoms. The molecule has 2 nitrogen and oxygen atoms in total. The molecule has 0 saturated heterocycles. The fraction of sp³-hybridized carbons (Fsp3) is 0.455. The maximum absolute atomic E-state index is 9.13. The first kappa shape index (κ1) is 9.90. The van der Waals surface area contributed by atoms with Crippen LogP contribution < -0.4 is 0 Å². The Kier molecular flexibility index (Phi) is 3.62. The normalized spacial score (nSPS) is 10.2. The third-order valence-electron chi connectivity index (χ3n) is 1.97. The van der Waals surface area contributed by atoms with Crippen LogP contribution in [0.2, 0.25) is 0 Å². The van der Waals surface area contributed by atoms with Gasteiger partial charge in [0.05, 0.1) is 6.07 Å². The summed E-state index contributed by atoms with van der Waals surface area (Å²) in [5, 5.41) is 18.3. The number of aryl methyl sites for hydroxylation is 1. The fourth-order valence-corrected chi connectivity index (χ4v) is 1.32. The van der Waals surface area contributed by atoms with E-state index in [1.807, 2.05) is 0 Å². The van der Waals surface area contributed by atoms with Crippen LogP contribution in [0.1, 0.15) is 31.7 Å². The first-order valence-electron chi connectivity index (χ1n) is 4.66. The highest BCUT2D eigenvalue weighted by molar-refractivity contribution is 5.35. The molecule has 0 atom stereocenters. The van der Waals surface area contributed by atoms with Gasteiger partial charge in [0, 0.05) is 0 Å². The van der Waals surface area contributed by atoms with E-state index >= 15 is 0 Å². The molecule has 1 aromatic rings. The van der Waals surface area contributed by atoms with Gasteiger partial charge in [-0.15, -0.1) is 0 Å². The van der Waals surface area contributed by atoms with Crippen molar-refractivity contribution in [2.75, 3.05) is 0 Å². The Hall–Kier alpha value is -1.18. The minimum atomic E-state index is 0.0199. The topological polar surface area (TPSA) is 40.5 Å². The number of phenolic OH excluding ortho intramolecular Hbond substituents is 2. The SMILES string of the molecule is CCCCCc1cc(O)[c]c(O)c1. The molecule has 0 unspecified atom stereocenters. The molecule has 1 radical (unpaired) electrons. The highest BCUT2D eigenvalue weighted by atomic mass is 16.3. The Balaban J connectivity index is 2.56. The van der Waals surface area contributed by atoms with Crippen LogP contribution in [-0.4, -0.2) is 10.2 Å². The standard InChI is InChI=1S/C11H15O2/c1-2-3-4-5-9-6-10(12)8-11(13)7-9/h6-7,12-13H,2-5H2,1H3. The lowest BCUT2D eigenvalue weighted by atomic mass is 10.1. The zero-order valence-corrected chi connectivity index (χ0v) is 7.88. The van der Waals surface area contributed by atoms with Gasteiger partial charge in [0.15, 0.2) is 0 Å². The molecule has 0 saturated carbocycles. The molecular formula is C11H15O2. The second-order valence-electron chi connectivity index (χ2n) is 3.22. The highest BCUT2D eigenvalue weighted by Crippen LogP contribution is 2.20. The minimum absolute atomic E-state index is 0.0199. The van der Waals surface area contributed by atoms with E-state index in [9.17, 15) is 0 Å². The van der Waals surface area contributed by atoms with Gasteiger partial charge in [0.2, 0.25) is 0 Å². The van der Waals surface area contributed by atoms with Gasteiger partial charge in [-0.05, 0) is 30.5 Å². The molecule has 0 fully saturated rings. The zero-order valence-electron chi connectivity index (χ0n) is 7.88. The van der Waals surface area contributed by atoms with Gasteiger partial charge >= 0.3 is 0 Å². The van der Waals surface area contributed by atoms with E-state index in [1.54, 1.807) is 12.1 Å².